The minimum Gasteiger partial charge on any atom is -0.352 e. The van der Waals surface area contributed by atoms with Crippen molar-refractivity contribution in [2.75, 3.05) is 6.26 Å². The molecule has 2 aromatic rings. The van der Waals surface area contributed by atoms with Crippen molar-refractivity contribution in [1.29, 1.82) is 0 Å². The summed E-state index contributed by atoms with van der Waals surface area (Å²) in [7, 11) is -3.21. The number of Topliss-reactive ketones (excluding diaryl/α,β-unsaturated/α-hetero) is 1. The summed E-state index contributed by atoms with van der Waals surface area (Å²) in [4.78, 5) is 15.2. The Balaban J connectivity index is 2.32. The van der Waals surface area contributed by atoms with Gasteiger partial charge in [-0.15, -0.1) is 0 Å². The number of nitrogens with one attached hydrogen (secondary N) is 1. The van der Waals surface area contributed by atoms with E-state index in [1.807, 2.05) is 0 Å². The lowest BCUT2D eigenvalue weighted by molar-refractivity contribution is 0.0968. The standard InChI is InChI=1S/C13H13NO3S/c1-18(16,17)8-5-6-11-10(7-8)9-3-2-4-12(15)13(9)14-11/h5-7,14H,2-4H2,1H3. The Labute approximate surface area is 105 Å². The molecule has 0 saturated heterocycles. The number of carbonyl (C=O) groups is 1. The number of benzene rings is 1. The third kappa shape index (κ3) is 1.66. The van der Waals surface area contributed by atoms with Crippen LogP contribution in [0.4, 0.5) is 0 Å². The minimum absolute atomic E-state index is 0.119. The molecule has 0 bridgehead atoms. The molecular formula is C13H13NO3S. The fraction of sp³-hybridized carbons (Fsp3) is 0.308. The van der Waals surface area contributed by atoms with Crippen molar-refractivity contribution in [3.63, 3.8) is 0 Å². The van der Waals surface area contributed by atoms with Gasteiger partial charge >= 0.3 is 0 Å². The highest BCUT2D eigenvalue weighted by molar-refractivity contribution is 7.90. The Morgan fingerprint density at radius 1 is 1.22 bits per heavy atom. The topological polar surface area (TPSA) is 67.0 Å². The average molecular weight is 263 g/mol. The lowest BCUT2D eigenvalue weighted by Gasteiger charge is -2.09. The first-order valence-corrected chi connectivity index (χ1v) is 7.74. The summed E-state index contributed by atoms with van der Waals surface area (Å²) < 4.78 is 23.1. The summed E-state index contributed by atoms with van der Waals surface area (Å²) in [6.45, 7) is 0. The SMILES string of the molecule is CS(=O)(=O)c1ccc2[nH]c3c(c2c1)CCCC3=O. The molecule has 0 spiro atoms. The number of ketones is 1. The van der Waals surface area contributed by atoms with Crippen molar-refractivity contribution in [2.24, 2.45) is 0 Å². The fourth-order valence-corrected chi connectivity index (χ4v) is 3.15. The van der Waals surface area contributed by atoms with Gasteiger partial charge in [-0.05, 0) is 36.6 Å². The number of carbonyl (C=O) groups excluding carboxylic acids is 1. The molecule has 0 fully saturated rings. The maximum Gasteiger partial charge on any atom is 0.179 e. The van der Waals surface area contributed by atoms with Crippen LogP contribution >= 0.6 is 0 Å². The number of aromatic nitrogens is 1. The summed E-state index contributed by atoms with van der Waals surface area (Å²) in [6, 6.07) is 4.97. The second-order valence-corrected chi connectivity index (χ2v) is 6.75. The Morgan fingerprint density at radius 2 is 2.00 bits per heavy atom. The summed E-state index contributed by atoms with van der Waals surface area (Å²) >= 11 is 0. The van der Waals surface area contributed by atoms with Crippen molar-refractivity contribution in [1.82, 2.24) is 4.98 Å². The monoisotopic (exact) mass is 263 g/mol. The van der Waals surface area contributed by atoms with E-state index in [0.717, 1.165) is 29.3 Å². The van der Waals surface area contributed by atoms with Crippen LogP contribution in [0.1, 0.15) is 28.9 Å². The number of H-pyrrole nitrogens is 1. The van der Waals surface area contributed by atoms with Gasteiger partial charge in [0.2, 0.25) is 0 Å². The van der Waals surface area contributed by atoms with E-state index in [-0.39, 0.29) is 5.78 Å². The number of rotatable bonds is 1. The summed E-state index contributed by atoms with van der Waals surface area (Å²) in [5.41, 5.74) is 2.45. The number of hydrogen-bond acceptors (Lipinski definition) is 3. The number of fused-ring (bicyclic) bond motifs is 3. The van der Waals surface area contributed by atoms with Crippen molar-refractivity contribution in [3.05, 3.63) is 29.5 Å². The zero-order valence-electron chi connectivity index (χ0n) is 9.99. The van der Waals surface area contributed by atoms with Crippen LogP contribution in [0.2, 0.25) is 0 Å². The predicted molar refractivity (Wildman–Crippen MR) is 68.7 cm³/mol. The zero-order valence-corrected chi connectivity index (χ0v) is 10.8. The molecule has 0 radical (unpaired) electrons. The fourth-order valence-electron chi connectivity index (χ4n) is 2.51. The second kappa shape index (κ2) is 3.68. The summed E-state index contributed by atoms with van der Waals surface area (Å²) in [5, 5.41) is 0.862. The van der Waals surface area contributed by atoms with Crippen molar-refractivity contribution >= 4 is 26.5 Å². The highest BCUT2D eigenvalue weighted by Gasteiger charge is 2.22. The van der Waals surface area contributed by atoms with E-state index in [1.165, 1.54) is 6.26 Å². The van der Waals surface area contributed by atoms with Gasteiger partial charge in [0.15, 0.2) is 15.6 Å². The van der Waals surface area contributed by atoms with E-state index in [0.29, 0.717) is 17.0 Å². The first-order valence-electron chi connectivity index (χ1n) is 5.84. The molecule has 0 amide bonds. The molecule has 3 rings (SSSR count). The van der Waals surface area contributed by atoms with E-state index >= 15 is 0 Å². The van der Waals surface area contributed by atoms with Crippen LogP contribution < -0.4 is 0 Å². The second-order valence-electron chi connectivity index (χ2n) is 4.73. The number of sulfone groups is 1. The Kier molecular flexibility index (Phi) is 2.35. The highest BCUT2D eigenvalue weighted by atomic mass is 32.2. The molecule has 1 heterocycles. The number of aromatic amines is 1. The maximum absolute atomic E-state index is 11.8. The zero-order chi connectivity index (χ0) is 12.9. The molecule has 1 N–H and O–H groups in total. The molecule has 1 aliphatic rings. The highest BCUT2D eigenvalue weighted by Crippen LogP contribution is 2.30. The largest absolute Gasteiger partial charge is 0.352 e. The van der Waals surface area contributed by atoms with Gasteiger partial charge in [0.25, 0.3) is 0 Å². The van der Waals surface area contributed by atoms with Crippen LogP contribution in [0.3, 0.4) is 0 Å². The van der Waals surface area contributed by atoms with Gasteiger partial charge in [-0.3, -0.25) is 4.79 Å². The third-order valence-corrected chi connectivity index (χ3v) is 4.53. The lowest BCUT2D eigenvalue weighted by atomic mass is 9.95. The Bertz CT molecular complexity index is 756. The normalized spacial score (nSPS) is 15.9. The van der Waals surface area contributed by atoms with Gasteiger partial charge in [0.05, 0.1) is 10.6 Å². The van der Waals surface area contributed by atoms with E-state index in [4.69, 9.17) is 0 Å². The molecule has 94 valence electrons. The first-order chi connectivity index (χ1) is 8.47. The average Bonchev–Trinajstić information content (AvgIpc) is 2.67. The number of hydrogen-bond donors (Lipinski definition) is 1. The van der Waals surface area contributed by atoms with Crippen LogP contribution in [0.5, 0.6) is 0 Å². The molecule has 1 aliphatic carbocycles. The summed E-state index contributed by atoms with van der Waals surface area (Å²) in [6.07, 6.45) is 3.42. The Hall–Kier alpha value is -1.62. The molecule has 18 heavy (non-hydrogen) atoms. The molecule has 1 aromatic heterocycles. The van der Waals surface area contributed by atoms with Gasteiger partial charge in [-0.1, -0.05) is 0 Å². The van der Waals surface area contributed by atoms with Gasteiger partial charge in [-0.25, -0.2) is 8.42 Å². The summed E-state index contributed by atoms with van der Waals surface area (Å²) in [5.74, 6) is 0.119. The Morgan fingerprint density at radius 3 is 2.72 bits per heavy atom. The lowest BCUT2D eigenvalue weighted by Crippen LogP contribution is -2.09. The smallest absolute Gasteiger partial charge is 0.179 e. The molecule has 0 unspecified atom stereocenters. The minimum atomic E-state index is -3.21. The van der Waals surface area contributed by atoms with Crippen LogP contribution in [0.15, 0.2) is 23.1 Å². The van der Waals surface area contributed by atoms with Gasteiger partial charge < -0.3 is 4.98 Å². The van der Waals surface area contributed by atoms with Crippen LogP contribution in [0.25, 0.3) is 10.9 Å². The van der Waals surface area contributed by atoms with Crippen LogP contribution in [0, 0.1) is 0 Å². The molecule has 0 atom stereocenters. The van der Waals surface area contributed by atoms with Crippen LogP contribution in [-0.4, -0.2) is 25.4 Å². The van der Waals surface area contributed by atoms with E-state index < -0.39 is 9.84 Å². The molecule has 4 nitrogen and oxygen atoms in total. The van der Waals surface area contributed by atoms with Gasteiger partial charge in [-0.2, -0.15) is 0 Å². The molecule has 1 aromatic carbocycles. The van der Waals surface area contributed by atoms with E-state index in [2.05, 4.69) is 4.98 Å². The third-order valence-electron chi connectivity index (χ3n) is 3.42. The van der Waals surface area contributed by atoms with E-state index in [9.17, 15) is 13.2 Å². The molecule has 0 aliphatic heterocycles. The van der Waals surface area contributed by atoms with Crippen molar-refractivity contribution in [3.8, 4) is 0 Å². The first kappa shape index (κ1) is 11.5. The molecular weight excluding hydrogens is 250 g/mol. The molecule has 5 heteroatoms. The van der Waals surface area contributed by atoms with Crippen molar-refractivity contribution in [2.45, 2.75) is 24.2 Å². The van der Waals surface area contributed by atoms with E-state index in [1.54, 1.807) is 18.2 Å². The maximum atomic E-state index is 11.8. The number of aryl methyl sites for hydroxylation is 1. The van der Waals surface area contributed by atoms with Gasteiger partial charge in [0.1, 0.15) is 0 Å². The van der Waals surface area contributed by atoms with Crippen molar-refractivity contribution < 1.29 is 13.2 Å². The van der Waals surface area contributed by atoms with Crippen LogP contribution in [-0.2, 0) is 16.3 Å². The predicted octanol–water partition coefficient (Wildman–Crippen LogP) is 2.09. The van der Waals surface area contributed by atoms with Gasteiger partial charge in [0, 0.05) is 23.6 Å². The quantitative estimate of drug-likeness (QED) is 0.856. The molecule has 0 saturated carbocycles.